The lowest BCUT2D eigenvalue weighted by Gasteiger charge is -2.19. The molecule has 0 aromatic carbocycles. The van der Waals surface area contributed by atoms with E-state index in [1.54, 1.807) is 0 Å². The van der Waals surface area contributed by atoms with Gasteiger partial charge in [-0.3, -0.25) is 13.8 Å². The Labute approximate surface area is 353 Å². The molecule has 8 nitrogen and oxygen atoms in total. The molecule has 0 aliphatic heterocycles. The van der Waals surface area contributed by atoms with Crippen molar-refractivity contribution >= 4 is 13.8 Å². The topological polar surface area (TPSA) is 117 Å². The number of phosphoric acid groups is 1. The summed E-state index contributed by atoms with van der Waals surface area (Å²) >= 11 is 0. The van der Waals surface area contributed by atoms with Crippen LogP contribution in [0.4, 0.5) is 0 Å². The fraction of sp³-hybridized carbons (Fsp3) is 0.531. The maximum atomic E-state index is 12.6. The van der Waals surface area contributed by atoms with Gasteiger partial charge in [-0.05, 0) is 96.3 Å². The molecule has 2 atom stereocenters. The van der Waals surface area contributed by atoms with Gasteiger partial charge in [0.05, 0.1) is 26.4 Å². The first-order valence-electron chi connectivity index (χ1n) is 21.7. The van der Waals surface area contributed by atoms with Gasteiger partial charge in [0, 0.05) is 13.0 Å². The maximum absolute atomic E-state index is 12.6. The minimum Gasteiger partial charge on any atom is -0.457 e. The highest BCUT2D eigenvalue weighted by Gasteiger charge is 2.25. The van der Waals surface area contributed by atoms with E-state index in [2.05, 4.69) is 141 Å². The lowest BCUT2D eigenvalue weighted by molar-refractivity contribution is -0.154. The zero-order valence-electron chi connectivity index (χ0n) is 36.0. The van der Waals surface area contributed by atoms with Gasteiger partial charge in [-0.15, -0.1) is 0 Å². The van der Waals surface area contributed by atoms with Crippen molar-refractivity contribution in [3.05, 3.63) is 134 Å². The summed E-state index contributed by atoms with van der Waals surface area (Å²) in [5.74, 6) is -0.386. The third-order valence-corrected chi connectivity index (χ3v) is 9.07. The number of allylic oxidation sites excluding steroid dienone is 21. The molecular formula is C49H78NO7P. The molecule has 9 heteroatoms. The fourth-order valence-corrected chi connectivity index (χ4v) is 5.77. The van der Waals surface area contributed by atoms with Crippen molar-refractivity contribution < 1.29 is 32.8 Å². The number of esters is 1. The average Bonchev–Trinajstić information content (AvgIpc) is 3.21. The van der Waals surface area contributed by atoms with Crippen LogP contribution in [0.15, 0.2) is 134 Å². The lowest BCUT2D eigenvalue weighted by atomic mass is 10.1. The van der Waals surface area contributed by atoms with Gasteiger partial charge in [0.1, 0.15) is 6.10 Å². The van der Waals surface area contributed by atoms with Crippen molar-refractivity contribution in [2.24, 2.45) is 5.73 Å². The van der Waals surface area contributed by atoms with Crippen LogP contribution in [0, 0.1) is 0 Å². The van der Waals surface area contributed by atoms with E-state index in [4.69, 9.17) is 24.3 Å². The minimum atomic E-state index is -4.32. The number of carbonyl (C=O) groups is 1. The monoisotopic (exact) mass is 824 g/mol. The van der Waals surface area contributed by atoms with E-state index in [1.165, 1.54) is 0 Å². The highest BCUT2D eigenvalue weighted by Crippen LogP contribution is 2.43. The molecule has 0 rings (SSSR count). The number of hydrogen-bond donors (Lipinski definition) is 2. The van der Waals surface area contributed by atoms with Gasteiger partial charge >= 0.3 is 13.8 Å². The van der Waals surface area contributed by atoms with Crippen LogP contribution in [0.1, 0.15) is 129 Å². The number of nitrogens with two attached hydrogens (primary N) is 1. The van der Waals surface area contributed by atoms with Gasteiger partial charge in [-0.25, -0.2) is 4.57 Å². The molecule has 0 aromatic rings. The van der Waals surface area contributed by atoms with Gasteiger partial charge in [0.2, 0.25) is 0 Å². The van der Waals surface area contributed by atoms with Crippen LogP contribution in [0.2, 0.25) is 0 Å². The van der Waals surface area contributed by atoms with E-state index >= 15 is 0 Å². The maximum Gasteiger partial charge on any atom is 0.472 e. The van der Waals surface area contributed by atoms with Crippen molar-refractivity contribution in [1.29, 1.82) is 0 Å². The third-order valence-electron chi connectivity index (χ3n) is 8.08. The molecule has 0 bridgehead atoms. The summed E-state index contributed by atoms with van der Waals surface area (Å²) in [7, 11) is -4.32. The average molecular weight is 824 g/mol. The summed E-state index contributed by atoms with van der Waals surface area (Å²) in [6, 6.07) is 0. The highest BCUT2D eigenvalue weighted by atomic mass is 31.2. The zero-order chi connectivity index (χ0) is 42.3. The van der Waals surface area contributed by atoms with Gasteiger partial charge in [-0.2, -0.15) is 0 Å². The van der Waals surface area contributed by atoms with E-state index in [0.717, 1.165) is 96.3 Å². The second kappa shape index (κ2) is 44.7. The molecule has 0 radical (unpaired) electrons. The molecule has 0 fully saturated rings. The van der Waals surface area contributed by atoms with Crippen molar-refractivity contribution in [3.8, 4) is 0 Å². The zero-order valence-corrected chi connectivity index (χ0v) is 36.9. The van der Waals surface area contributed by atoms with Crippen LogP contribution < -0.4 is 5.73 Å². The van der Waals surface area contributed by atoms with E-state index in [9.17, 15) is 14.3 Å². The second-order valence-corrected chi connectivity index (χ2v) is 14.9. The second-order valence-electron chi connectivity index (χ2n) is 13.4. The molecule has 58 heavy (non-hydrogen) atoms. The number of hydrogen-bond acceptors (Lipinski definition) is 7. The molecule has 326 valence electrons. The molecule has 0 heterocycles. The summed E-state index contributed by atoms with van der Waals surface area (Å²) in [5, 5.41) is 0. The smallest absolute Gasteiger partial charge is 0.457 e. The van der Waals surface area contributed by atoms with E-state index in [-0.39, 0.29) is 38.8 Å². The van der Waals surface area contributed by atoms with Crippen LogP contribution >= 0.6 is 7.82 Å². The van der Waals surface area contributed by atoms with Crippen LogP contribution in [-0.2, 0) is 27.9 Å². The SMILES string of the molecule is CC/C=C\C/C=C\C/C=C\C/C=C\C/C=C\C/C=C\CCCCCCC(=O)OC(COCC/C=C\C/C=C\C/C=C\C/C=C\C/C=C\CC)COP(=O)(O)OCCN. The molecule has 3 N–H and O–H groups in total. The predicted molar refractivity (Wildman–Crippen MR) is 246 cm³/mol. The molecule has 0 aliphatic carbocycles. The molecule has 0 saturated carbocycles. The Hall–Kier alpha value is -3.36. The van der Waals surface area contributed by atoms with E-state index < -0.39 is 13.9 Å². The number of unbranched alkanes of at least 4 members (excludes halogenated alkanes) is 4. The molecule has 0 aromatic heterocycles. The summed E-state index contributed by atoms with van der Waals surface area (Å²) in [5.41, 5.74) is 5.36. The van der Waals surface area contributed by atoms with Crippen LogP contribution in [-0.4, -0.2) is 49.9 Å². The summed E-state index contributed by atoms with van der Waals surface area (Å²) in [4.78, 5) is 22.5. The molecule has 2 unspecified atom stereocenters. The largest absolute Gasteiger partial charge is 0.472 e. The summed E-state index contributed by atoms with van der Waals surface area (Å²) in [6.07, 6.45) is 63.5. The van der Waals surface area contributed by atoms with Gasteiger partial charge in [0.25, 0.3) is 0 Å². The fourth-order valence-electron chi connectivity index (χ4n) is 5.00. The lowest BCUT2D eigenvalue weighted by Crippen LogP contribution is -2.28. The van der Waals surface area contributed by atoms with Crippen molar-refractivity contribution in [2.45, 2.75) is 136 Å². The minimum absolute atomic E-state index is 0.0410. The third kappa shape index (κ3) is 43.8. The Kier molecular flexibility index (Phi) is 42.1. The predicted octanol–water partition coefficient (Wildman–Crippen LogP) is 13.2. The first-order chi connectivity index (χ1) is 28.4. The number of ether oxygens (including phenoxy) is 2. The summed E-state index contributed by atoms with van der Waals surface area (Å²) in [6.45, 7) is 4.37. The van der Waals surface area contributed by atoms with E-state index in [1.807, 2.05) is 6.08 Å². The summed E-state index contributed by atoms with van der Waals surface area (Å²) < 4.78 is 33.3. The number of carbonyl (C=O) groups excluding carboxylic acids is 1. The van der Waals surface area contributed by atoms with Crippen molar-refractivity contribution in [1.82, 2.24) is 0 Å². The highest BCUT2D eigenvalue weighted by molar-refractivity contribution is 7.47. The molecule has 0 saturated heterocycles. The van der Waals surface area contributed by atoms with Crippen LogP contribution in [0.5, 0.6) is 0 Å². The Bertz CT molecular complexity index is 1340. The number of phosphoric ester groups is 1. The van der Waals surface area contributed by atoms with E-state index in [0.29, 0.717) is 19.4 Å². The quantitative estimate of drug-likeness (QED) is 0.0272. The normalized spacial score (nSPS) is 14.8. The molecule has 0 spiro atoms. The Morgan fingerprint density at radius 2 is 0.914 bits per heavy atom. The Balaban J connectivity index is 4.24. The molecule has 0 amide bonds. The standard InChI is InChI=1S/C49H78NO7P/c1-3-5-7-9-11-13-15-17-19-21-22-23-24-25-26-27-28-30-32-34-36-38-40-42-49(51)57-48(47-56-58(52,53)55-45-43-50)46-54-44-41-39-37-35-33-31-29-20-18-16-14-12-10-8-6-4-2/h5-8,11-14,17-20,22-23,25-26,28,30-31,33,37,39,48H,3-4,9-10,15-16,21,24,27,29,32,34-36,38,40-47,50H2,1-2H3,(H,52,53)/b7-5-,8-6-,13-11-,14-12-,19-17-,20-18-,23-22-,26-25-,30-28-,33-31-,39-37-. The van der Waals surface area contributed by atoms with Crippen LogP contribution in [0.25, 0.3) is 0 Å². The van der Waals surface area contributed by atoms with Gasteiger partial charge in [-0.1, -0.05) is 160 Å². The first kappa shape index (κ1) is 54.6. The van der Waals surface area contributed by atoms with Crippen molar-refractivity contribution in [3.63, 3.8) is 0 Å². The van der Waals surface area contributed by atoms with Crippen LogP contribution in [0.3, 0.4) is 0 Å². The Morgan fingerprint density at radius 3 is 1.34 bits per heavy atom. The molecular weight excluding hydrogens is 746 g/mol. The van der Waals surface area contributed by atoms with Gasteiger partial charge < -0.3 is 20.1 Å². The first-order valence-corrected chi connectivity index (χ1v) is 23.2. The van der Waals surface area contributed by atoms with Crippen molar-refractivity contribution in [2.75, 3.05) is 33.0 Å². The van der Waals surface area contributed by atoms with Gasteiger partial charge in [0.15, 0.2) is 0 Å². The number of rotatable bonds is 39. The molecule has 0 aliphatic rings. The Morgan fingerprint density at radius 1 is 0.517 bits per heavy atom.